The van der Waals surface area contributed by atoms with E-state index >= 15 is 0 Å². The summed E-state index contributed by atoms with van der Waals surface area (Å²) in [5.74, 6) is 0.130. The van der Waals surface area contributed by atoms with Crippen molar-refractivity contribution in [2.45, 2.75) is 26.4 Å². The Morgan fingerprint density at radius 3 is 2.44 bits per heavy atom. The lowest BCUT2D eigenvalue weighted by Gasteiger charge is -2.12. The predicted octanol–water partition coefficient (Wildman–Crippen LogP) is 2.02. The Bertz CT molecular complexity index is 65.9. The van der Waals surface area contributed by atoms with Crippen LogP contribution in [0.25, 0.3) is 0 Å². The van der Waals surface area contributed by atoms with Crippen molar-refractivity contribution >= 4 is 0 Å². The third-order valence-electron chi connectivity index (χ3n) is 1.59. The van der Waals surface area contributed by atoms with E-state index in [-0.39, 0.29) is 12.5 Å². The summed E-state index contributed by atoms with van der Waals surface area (Å²) in [6, 6.07) is 0. The van der Waals surface area contributed by atoms with E-state index < -0.39 is 6.17 Å². The van der Waals surface area contributed by atoms with Crippen LogP contribution < -0.4 is 0 Å². The maximum Gasteiger partial charge on any atom is 0.126 e. The van der Waals surface area contributed by atoms with Crippen molar-refractivity contribution in [1.29, 1.82) is 0 Å². The van der Waals surface area contributed by atoms with Crippen molar-refractivity contribution in [2.24, 2.45) is 5.92 Å². The minimum absolute atomic E-state index is 0.130. The number of methoxy groups -OCH3 is 1. The van der Waals surface area contributed by atoms with Gasteiger partial charge in [-0.05, 0) is 5.92 Å². The number of hydrogen-bond donors (Lipinski definition) is 0. The van der Waals surface area contributed by atoms with Gasteiger partial charge < -0.3 is 4.74 Å². The molecule has 0 heterocycles. The van der Waals surface area contributed by atoms with Crippen LogP contribution in [0.5, 0.6) is 0 Å². The normalized spacial score (nSPS) is 17.3. The number of alkyl halides is 1. The minimum Gasteiger partial charge on any atom is -0.382 e. The van der Waals surface area contributed by atoms with Crippen LogP contribution in [0.3, 0.4) is 0 Å². The fourth-order valence-corrected chi connectivity index (χ4v) is 0.579. The fourth-order valence-electron chi connectivity index (χ4n) is 0.579. The van der Waals surface area contributed by atoms with Gasteiger partial charge in [-0.3, -0.25) is 0 Å². The second kappa shape index (κ2) is 4.74. The first kappa shape index (κ1) is 8.89. The first-order chi connectivity index (χ1) is 4.22. The molecule has 2 atom stereocenters. The van der Waals surface area contributed by atoms with Crippen LogP contribution in [0.2, 0.25) is 0 Å². The average molecular weight is 134 g/mol. The second-order valence-electron chi connectivity index (χ2n) is 2.36. The third-order valence-corrected chi connectivity index (χ3v) is 1.59. The molecule has 1 unspecified atom stereocenters. The highest BCUT2D eigenvalue weighted by Crippen LogP contribution is 2.10. The molecule has 0 radical (unpaired) electrons. The smallest absolute Gasteiger partial charge is 0.126 e. The van der Waals surface area contributed by atoms with Gasteiger partial charge in [-0.15, -0.1) is 0 Å². The second-order valence-corrected chi connectivity index (χ2v) is 2.36. The van der Waals surface area contributed by atoms with Crippen LogP contribution in [-0.4, -0.2) is 19.9 Å². The number of ether oxygens (including phenoxy) is 1. The van der Waals surface area contributed by atoms with Crippen LogP contribution in [0, 0.1) is 5.92 Å². The average Bonchev–Trinajstić information content (AvgIpc) is 1.87. The highest BCUT2D eigenvalue weighted by molar-refractivity contribution is 4.61. The van der Waals surface area contributed by atoms with Crippen LogP contribution in [0.4, 0.5) is 4.39 Å². The Kier molecular flexibility index (Phi) is 4.68. The summed E-state index contributed by atoms with van der Waals surface area (Å²) in [6.07, 6.45) is 0.0878. The molecule has 0 bridgehead atoms. The fraction of sp³-hybridized carbons (Fsp3) is 1.00. The maximum absolute atomic E-state index is 12.7. The van der Waals surface area contributed by atoms with Crippen LogP contribution >= 0.6 is 0 Å². The van der Waals surface area contributed by atoms with Crippen molar-refractivity contribution < 1.29 is 9.13 Å². The quantitative estimate of drug-likeness (QED) is 0.571. The summed E-state index contributed by atoms with van der Waals surface area (Å²) in [5, 5.41) is 0. The van der Waals surface area contributed by atoms with Crippen molar-refractivity contribution in [2.75, 3.05) is 13.7 Å². The molecule has 56 valence electrons. The molecule has 0 aromatic rings. The van der Waals surface area contributed by atoms with Gasteiger partial charge in [0.15, 0.2) is 0 Å². The third kappa shape index (κ3) is 3.46. The highest BCUT2D eigenvalue weighted by Gasteiger charge is 2.12. The van der Waals surface area contributed by atoms with Crippen molar-refractivity contribution in [3.63, 3.8) is 0 Å². The Balaban J connectivity index is 3.32. The summed E-state index contributed by atoms with van der Waals surface area (Å²) >= 11 is 0. The zero-order chi connectivity index (χ0) is 7.28. The molecule has 0 spiro atoms. The van der Waals surface area contributed by atoms with Gasteiger partial charge in [0.2, 0.25) is 0 Å². The van der Waals surface area contributed by atoms with Gasteiger partial charge in [-0.1, -0.05) is 20.3 Å². The highest BCUT2D eigenvalue weighted by atomic mass is 19.1. The predicted molar refractivity (Wildman–Crippen MR) is 36.2 cm³/mol. The summed E-state index contributed by atoms with van der Waals surface area (Å²) in [5.41, 5.74) is 0. The standard InChI is InChI=1S/C7H15FO/c1-4-6(2)7(8)5-9-3/h6-7H,4-5H2,1-3H3/t6?,7-/m0/s1. The molecule has 0 aromatic heterocycles. The first-order valence-electron chi connectivity index (χ1n) is 3.35. The summed E-state index contributed by atoms with van der Waals surface area (Å²) < 4.78 is 17.3. The van der Waals surface area contributed by atoms with Gasteiger partial charge in [0, 0.05) is 7.11 Å². The Morgan fingerprint density at radius 1 is 1.56 bits per heavy atom. The molecule has 0 saturated carbocycles. The molecule has 0 aromatic carbocycles. The topological polar surface area (TPSA) is 9.23 Å². The van der Waals surface area contributed by atoms with E-state index in [0.29, 0.717) is 0 Å². The van der Waals surface area contributed by atoms with Crippen LogP contribution in [-0.2, 0) is 4.74 Å². The van der Waals surface area contributed by atoms with E-state index in [9.17, 15) is 4.39 Å². The number of hydrogen-bond acceptors (Lipinski definition) is 1. The van der Waals surface area contributed by atoms with E-state index in [1.54, 1.807) is 0 Å². The molecule has 1 nitrogen and oxygen atoms in total. The molecule has 0 saturated heterocycles. The number of halogens is 1. The molecule has 0 aliphatic heterocycles. The van der Waals surface area contributed by atoms with Crippen LogP contribution in [0.1, 0.15) is 20.3 Å². The number of rotatable bonds is 4. The van der Waals surface area contributed by atoms with E-state index in [4.69, 9.17) is 0 Å². The summed E-state index contributed by atoms with van der Waals surface area (Å²) in [7, 11) is 1.52. The minimum atomic E-state index is -0.792. The monoisotopic (exact) mass is 134 g/mol. The van der Waals surface area contributed by atoms with Gasteiger partial charge in [-0.25, -0.2) is 4.39 Å². The van der Waals surface area contributed by atoms with Gasteiger partial charge >= 0.3 is 0 Å². The molecular weight excluding hydrogens is 119 g/mol. The maximum atomic E-state index is 12.7. The molecule has 9 heavy (non-hydrogen) atoms. The van der Waals surface area contributed by atoms with Gasteiger partial charge in [0.25, 0.3) is 0 Å². The van der Waals surface area contributed by atoms with Gasteiger partial charge in [0.05, 0.1) is 6.61 Å². The first-order valence-corrected chi connectivity index (χ1v) is 3.35. The molecule has 0 amide bonds. The lowest BCUT2D eigenvalue weighted by Crippen LogP contribution is -2.17. The molecule has 0 rings (SSSR count). The summed E-state index contributed by atoms with van der Waals surface area (Å²) in [6.45, 7) is 4.10. The molecule has 2 heteroatoms. The van der Waals surface area contributed by atoms with Crippen molar-refractivity contribution in [3.05, 3.63) is 0 Å². The lowest BCUT2D eigenvalue weighted by atomic mass is 10.0. The van der Waals surface area contributed by atoms with Gasteiger partial charge in [-0.2, -0.15) is 0 Å². The molecule has 0 fully saturated rings. The zero-order valence-corrected chi connectivity index (χ0v) is 6.36. The largest absolute Gasteiger partial charge is 0.382 e. The van der Waals surface area contributed by atoms with Gasteiger partial charge in [0.1, 0.15) is 6.17 Å². The molecule has 0 aliphatic carbocycles. The lowest BCUT2D eigenvalue weighted by molar-refractivity contribution is 0.0915. The van der Waals surface area contributed by atoms with E-state index in [1.807, 2.05) is 13.8 Å². The van der Waals surface area contributed by atoms with E-state index in [2.05, 4.69) is 4.74 Å². The Hall–Kier alpha value is -0.110. The van der Waals surface area contributed by atoms with Crippen LogP contribution in [0.15, 0.2) is 0 Å². The summed E-state index contributed by atoms with van der Waals surface area (Å²) in [4.78, 5) is 0. The molecule has 0 N–H and O–H groups in total. The van der Waals surface area contributed by atoms with E-state index in [1.165, 1.54) is 7.11 Å². The van der Waals surface area contributed by atoms with E-state index in [0.717, 1.165) is 6.42 Å². The molecule has 0 aliphatic rings. The van der Waals surface area contributed by atoms with Crippen molar-refractivity contribution in [3.8, 4) is 0 Å². The Labute approximate surface area is 56.2 Å². The molecular formula is C7H15FO. The SMILES string of the molecule is CCC(C)[C@@H](F)COC. The zero-order valence-electron chi connectivity index (χ0n) is 6.36. The van der Waals surface area contributed by atoms with Crippen molar-refractivity contribution in [1.82, 2.24) is 0 Å². The Morgan fingerprint density at radius 2 is 2.11 bits per heavy atom.